The Bertz CT molecular complexity index is 800. The van der Waals surface area contributed by atoms with Gasteiger partial charge in [0.15, 0.2) is 17.3 Å². The molecule has 0 saturated carbocycles. The monoisotopic (exact) mass is 399 g/mol. The molecule has 2 aromatic rings. The van der Waals surface area contributed by atoms with Crippen LogP contribution in [0.3, 0.4) is 0 Å². The van der Waals surface area contributed by atoms with E-state index in [0.29, 0.717) is 5.01 Å². The summed E-state index contributed by atoms with van der Waals surface area (Å²) >= 11 is 1.21. The minimum atomic E-state index is -1.06. The third-order valence-electron chi connectivity index (χ3n) is 3.39. The molecule has 1 N–H and O–H groups in total. The molecule has 1 aromatic heterocycles. The first kappa shape index (κ1) is 20.7. The number of thiazole rings is 1. The van der Waals surface area contributed by atoms with Crippen molar-refractivity contribution in [1.29, 1.82) is 0 Å². The number of nitrogens with one attached hydrogen (secondary N) is 1. The lowest BCUT2D eigenvalue weighted by molar-refractivity contribution is 0.0520. The number of carbonyl (C=O) groups excluding carboxylic acids is 2. The molecular formula is C17H19F2N3O4S. The van der Waals surface area contributed by atoms with Crippen LogP contribution in [0.2, 0.25) is 0 Å². The Morgan fingerprint density at radius 3 is 2.74 bits per heavy atom. The Morgan fingerprint density at radius 2 is 2.07 bits per heavy atom. The molecule has 0 aliphatic carbocycles. The van der Waals surface area contributed by atoms with Crippen LogP contribution in [0.1, 0.15) is 22.4 Å². The van der Waals surface area contributed by atoms with Gasteiger partial charge in [0.05, 0.1) is 19.8 Å². The van der Waals surface area contributed by atoms with E-state index in [9.17, 15) is 18.4 Å². The number of ether oxygens (including phenoxy) is 2. The predicted molar refractivity (Wildman–Crippen MR) is 95.7 cm³/mol. The third-order valence-corrected chi connectivity index (χ3v) is 4.22. The quantitative estimate of drug-likeness (QED) is 0.689. The van der Waals surface area contributed by atoms with Crippen LogP contribution in [-0.4, -0.2) is 48.8 Å². The minimum Gasteiger partial charge on any atom is -0.461 e. The number of amides is 2. The van der Waals surface area contributed by atoms with Gasteiger partial charge in [-0.2, -0.15) is 0 Å². The highest BCUT2D eigenvalue weighted by molar-refractivity contribution is 7.09. The molecule has 1 aromatic carbocycles. The zero-order valence-corrected chi connectivity index (χ0v) is 15.6. The fourth-order valence-corrected chi connectivity index (χ4v) is 2.85. The summed E-state index contributed by atoms with van der Waals surface area (Å²) in [7, 11) is 1.49. The van der Waals surface area contributed by atoms with Crippen molar-refractivity contribution in [3.63, 3.8) is 0 Å². The first-order valence-corrected chi connectivity index (χ1v) is 8.94. The Balaban J connectivity index is 2.08. The van der Waals surface area contributed by atoms with Crippen molar-refractivity contribution in [3.8, 4) is 0 Å². The third kappa shape index (κ3) is 5.97. The number of esters is 1. The number of urea groups is 1. The number of benzene rings is 1. The second kappa shape index (κ2) is 9.93. The Morgan fingerprint density at radius 1 is 1.30 bits per heavy atom. The molecule has 146 valence electrons. The number of hydrogen-bond donors (Lipinski definition) is 1. The van der Waals surface area contributed by atoms with Crippen LogP contribution in [0.5, 0.6) is 0 Å². The fraction of sp³-hybridized carbons (Fsp3) is 0.353. The van der Waals surface area contributed by atoms with E-state index in [1.165, 1.54) is 29.4 Å². The summed E-state index contributed by atoms with van der Waals surface area (Å²) < 4.78 is 36.2. The van der Waals surface area contributed by atoms with E-state index in [1.54, 1.807) is 12.3 Å². The van der Waals surface area contributed by atoms with Gasteiger partial charge in [-0.1, -0.05) is 0 Å². The molecule has 0 atom stereocenters. The van der Waals surface area contributed by atoms with Crippen LogP contribution in [-0.2, 0) is 16.0 Å². The van der Waals surface area contributed by atoms with E-state index in [0.717, 1.165) is 12.1 Å². The number of aromatic nitrogens is 1. The minimum absolute atomic E-state index is 0.114. The predicted octanol–water partition coefficient (Wildman–Crippen LogP) is 3.28. The van der Waals surface area contributed by atoms with Crippen LogP contribution in [0.15, 0.2) is 23.6 Å². The standard InChI is InChI=1S/C17H19F2N3O4S/c1-3-26-16(23)14-10-27-15(21-14)9-22(6-7-25-2)17(24)20-11-4-5-12(18)13(19)8-11/h4-5,8,10H,3,6-7,9H2,1-2H3,(H,20,24). The number of hydrogen-bond acceptors (Lipinski definition) is 6. The molecule has 2 rings (SSSR count). The smallest absolute Gasteiger partial charge is 0.357 e. The maximum absolute atomic E-state index is 13.3. The first-order valence-electron chi connectivity index (χ1n) is 8.06. The number of carbonyl (C=O) groups is 2. The highest BCUT2D eigenvalue weighted by Crippen LogP contribution is 2.16. The summed E-state index contributed by atoms with van der Waals surface area (Å²) in [6.45, 7) is 2.55. The van der Waals surface area contributed by atoms with E-state index in [-0.39, 0.29) is 37.7 Å². The number of anilines is 1. The van der Waals surface area contributed by atoms with Gasteiger partial charge in [-0.15, -0.1) is 11.3 Å². The van der Waals surface area contributed by atoms with Gasteiger partial charge in [0.25, 0.3) is 0 Å². The van der Waals surface area contributed by atoms with Gasteiger partial charge in [0.1, 0.15) is 5.01 Å². The summed E-state index contributed by atoms with van der Waals surface area (Å²) in [5.74, 6) is -2.59. The van der Waals surface area contributed by atoms with Crippen molar-refractivity contribution < 1.29 is 27.8 Å². The normalized spacial score (nSPS) is 10.5. The number of halogens is 2. The molecule has 0 saturated heterocycles. The SMILES string of the molecule is CCOC(=O)c1csc(CN(CCOC)C(=O)Nc2ccc(F)c(F)c2)n1. The van der Waals surface area contributed by atoms with Crippen molar-refractivity contribution >= 4 is 29.0 Å². The van der Waals surface area contributed by atoms with Gasteiger partial charge in [0, 0.05) is 30.8 Å². The molecule has 10 heteroatoms. The fourth-order valence-electron chi connectivity index (χ4n) is 2.08. The zero-order valence-electron chi connectivity index (χ0n) is 14.8. The van der Waals surface area contributed by atoms with E-state index < -0.39 is 23.6 Å². The van der Waals surface area contributed by atoms with E-state index in [2.05, 4.69) is 10.3 Å². The molecule has 0 aliphatic heterocycles. The van der Waals surface area contributed by atoms with Crippen LogP contribution < -0.4 is 5.32 Å². The second-order valence-corrected chi connectivity index (χ2v) is 6.26. The van der Waals surface area contributed by atoms with Gasteiger partial charge in [-0.3, -0.25) is 0 Å². The van der Waals surface area contributed by atoms with Gasteiger partial charge in [-0.25, -0.2) is 23.4 Å². The molecule has 2 amide bonds. The molecule has 0 aliphatic rings. The molecular weight excluding hydrogens is 380 g/mol. The van der Waals surface area contributed by atoms with Gasteiger partial charge < -0.3 is 19.7 Å². The largest absolute Gasteiger partial charge is 0.461 e. The van der Waals surface area contributed by atoms with Gasteiger partial charge in [-0.05, 0) is 19.1 Å². The Hall–Kier alpha value is -2.59. The van der Waals surface area contributed by atoms with Crippen molar-refractivity contribution in [1.82, 2.24) is 9.88 Å². The van der Waals surface area contributed by atoms with Crippen LogP contribution in [0, 0.1) is 11.6 Å². The lowest BCUT2D eigenvalue weighted by atomic mass is 10.3. The lowest BCUT2D eigenvalue weighted by Crippen LogP contribution is -2.36. The van der Waals surface area contributed by atoms with Crippen molar-refractivity contribution in [2.45, 2.75) is 13.5 Å². The van der Waals surface area contributed by atoms with Crippen LogP contribution >= 0.6 is 11.3 Å². The maximum Gasteiger partial charge on any atom is 0.357 e. The van der Waals surface area contributed by atoms with Gasteiger partial charge >= 0.3 is 12.0 Å². The summed E-state index contributed by atoms with van der Waals surface area (Å²) in [5, 5.41) is 4.57. The first-order chi connectivity index (χ1) is 12.9. The molecule has 27 heavy (non-hydrogen) atoms. The molecule has 0 spiro atoms. The number of rotatable bonds is 8. The molecule has 0 fully saturated rings. The summed E-state index contributed by atoms with van der Waals surface area (Å²) in [6.07, 6.45) is 0. The summed E-state index contributed by atoms with van der Waals surface area (Å²) in [6, 6.07) is 2.54. The Labute approximate surface area is 158 Å². The summed E-state index contributed by atoms with van der Waals surface area (Å²) in [5.41, 5.74) is 0.289. The van der Waals surface area contributed by atoms with Crippen LogP contribution in [0.25, 0.3) is 0 Å². The van der Waals surface area contributed by atoms with Crippen molar-refractivity contribution in [3.05, 3.63) is 45.9 Å². The molecule has 7 nitrogen and oxygen atoms in total. The van der Waals surface area contributed by atoms with E-state index >= 15 is 0 Å². The number of methoxy groups -OCH3 is 1. The highest BCUT2D eigenvalue weighted by Gasteiger charge is 2.18. The Kier molecular flexibility index (Phi) is 7.62. The molecule has 0 bridgehead atoms. The highest BCUT2D eigenvalue weighted by atomic mass is 32.1. The second-order valence-electron chi connectivity index (χ2n) is 5.32. The topological polar surface area (TPSA) is 80.8 Å². The molecule has 0 unspecified atom stereocenters. The molecule has 0 radical (unpaired) electrons. The van der Waals surface area contributed by atoms with Crippen molar-refractivity contribution in [2.24, 2.45) is 0 Å². The number of nitrogens with zero attached hydrogens (tertiary/aromatic N) is 2. The van der Waals surface area contributed by atoms with E-state index in [4.69, 9.17) is 9.47 Å². The zero-order chi connectivity index (χ0) is 19.8. The lowest BCUT2D eigenvalue weighted by Gasteiger charge is -2.21. The average molecular weight is 399 g/mol. The summed E-state index contributed by atoms with van der Waals surface area (Å²) in [4.78, 5) is 29.7. The average Bonchev–Trinajstić information content (AvgIpc) is 3.10. The maximum atomic E-state index is 13.3. The van der Waals surface area contributed by atoms with E-state index in [1.807, 2.05) is 0 Å². The van der Waals surface area contributed by atoms with Gasteiger partial charge in [0.2, 0.25) is 0 Å². The van der Waals surface area contributed by atoms with Crippen molar-refractivity contribution in [2.75, 3.05) is 32.2 Å². The molecule has 1 heterocycles. The van der Waals surface area contributed by atoms with Crippen LogP contribution in [0.4, 0.5) is 19.3 Å².